The maximum Gasteiger partial charge on any atom is 0.255 e. The number of likely N-dealkylation sites (tertiary alicyclic amines) is 2. The van der Waals surface area contributed by atoms with Crippen LogP contribution < -0.4 is 5.32 Å². The lowest BCUT2D eigenvalue weighted by Crippen LogP contribution is -2.49. The molecular weight excluding hydrogens is 476 g/mol. The summed E-state index contributed by atoms with van der Waals surface area (Å²) in [6, 6.07) is 23.3. The second kappa shape index (κ2) is 11.1. The van der Waals surface area contributed by atoms with E-state index < -0.39 is 0 Å². The Morgan fingerprint density at radius 1 is 0.946 bits per heavy atom. The summed E-state index contributed by atoms with van der Waals surface area (Å²) in [5.41, 5.74) is 7.84. The Bertz CT molecular complexity index is 1360. The molecule has 1 aromatic heterocycles. The molecule has 1 atom stereocenters. The molecule has 3 aromatic carbocycles. The number of aromatic nitrogens is 1. The molecule has 5 nitrogen and oxygen atoms in total. The highest BCUT2D eigenvalue weighted by Gasteiger charge is 2.27. The monoisotopic (exact) mass is 510 g/mol. The van der Waals surface area contributed by atoms with Gasteiger partial charge in [0.1, 0.15) is 0 Å². The maximum atomic E-state index is 13.3. The van der Waals surface area contributed by atoms with Crippen LogP contribution in [0.4, 0.5) is 5.69 Å². The predicted octanol–water partition coefficient (Wildman–Crippen LogP) is 6.67. The van der Waals surface area contributed by atoms with E-state index in [2.05, 4.69) is 62.6 Å². The van der Waals surface area contributed by atoms with Crippen molar-refractivity contribution in [3.05, 3.63) is 83.4 Å². The molecule has 1 N–H and O–H groups in total. The minimum absolute atomic E-state index is 0.0831. The quantitative estimate of drug-likeness (QED) is 0.315. The van der Waals surface area contributed by atoms with E-state index in [-0.39, 0.29) is 5.91 Å². The molecule has 2 fully saturated rings. The van der Waals surface area contributed by atoms with Gasteiger partial charge in [0, 0.05) is 30.4 Å². The van der Waals surface area contributed by atoms with Crippen molar-refractivity contribution in [1.82, 2.24) is 14.8 Å². The summed E-state index contributed by atoms with van der Waals surface area (Å²) in [5, 5.41) is 3.09. The topological polar surface area (TPSA) is 48.5 Å². The van der Waals surface area contributed by atoms with Crippen molar-refractivity contribution in [3.8, 4) is 11.1 Å². The summed E-state index contributed by atoms with van der Waals surface area (Å²) >= 11 is 1.61. The van der Waals surface area contributed by atoms with Gasteiger partial charge < -0.3 is 5.32 Å². The van der Waals surface area contributed by atoms with Gasteiger partial charge in [0.15, 0.2) is 0 Å². The fraction of sp³-hybridized carbons (Fsp3) is 0.355. The van der Waals surface area contributed by atoms with Crippen molar-refractivity contribution >= 4 is 33.1 Å². The molecule has 0 radical (unpaired) electrons. The van der Waals surface area contributed by atoms with Gasteiger partial charge in [0.25, 0.3) is 5.91 Å². The minimum atomic E-state index is -0.0831. The standard InChI is InChI=1S/C31H34N4OS/c36-31(33-26-12-14-30-29(19-26)32-22-37-30)24-11-13-28(23-8-3-1-4-9-23)25(18-24)20-34-15-7-10-27(21-34)35-16-5-2-6-17-35/h1,3-4,8-9,11-14,18-19,22,27H,2,5-7,10,15-17,20-21H2,(H,33,36). The van der Waals surface area contributed by atoms with Gasteiger partial charge in [-0.15, -0.1) is 11.3 Å². The summed E-state index contributed by atoms with van der Waals surface area (Å²) in [5.74, 6) is -0.0831. The average Bonchev–Trinajstić information content (AvgIpc) is 3.42. The van der Waals surface area contributed by atoms with Gasteiger partial charge in [-0.05, 0) is 92.3 Å². The number of anilines is 1. The molecule has 3 heterocycles. The Morgan fingerprint density at radius 3 is 2.68 bits per heavy atom. The first kappa shape index (κ1) is 24.3. The molecule has 37 heavy (non-hydrogen) atoms. The molecule has 2 aliphatic heterocycles. The third-order valence-corrected chi connectivity index (χ3v) is 8.63. The van der Waals surface area contributed by atoms with E-state index in [4.69, 9.17) is 0 Å². The van der Waals surface area contributed by atoms with E-state index in [1.54, 1.807) is 11.3 Å². The zero-order valence-electron chi connectivity index (χ0n) is 21.2. The second-order valence-electron chi connectivity index (χ2n) is 10.4. The molecule has 6 heteroatoms. The Hall–Kier alpha value is -3.06. The normalized spacial score (nSPS) is 19.2. The van der Waals surface area contributed by atoms with E-state index in [1.165, 1.54) is 61.9 Å². The van der Waals surface area contributed by atoms with Crippen molar-refractivity contribution in [2.45, 2.75) is 44.7 Å². The molecule has 0 spiro atoms. The first-order valence-electron chi connectivity index (χ1n) is 13.5. The van der Waals surface area contributed by atoms with Crippen LogP contribution in [0.5, 0.6) is 0 Å². The van der Waals surface area contributed by atoms with E-state index in [0.29, 0.717) is 11.6 Å². The van der Waals surface area contributed by atoms with E-state index in [0.717, 1.165) is 35.5 Å². The number of hydrogen-bond acceptors (Lipinski definition) is 5. The van der Waals surface area contributed by atoms with Gasteiger partial charge in [-0.3, -0.25) is 14.6 Å². The minimum Gasteiger partial charge on any atom is -0.322 e. The maximum absolute atomic E-state index is 13.3. The highest BCUT2D eigenvalue weighted by Crippen LogP contribution is 2.29. The zero-order valence-corrected chi connectivity index (χ0v) is 22.1. The van der Waals surface area contributed by atoms with Crippen molar-refractivity contribution in [2.24, 2.45) is 0 Å². The SMILES string of the molecule is O=C(Nc1ccc2scnc2c1)c1ccc(-c2ccccc2)c(CN2CCCC(N3CCCCC3)C2)c1. The molecule has 4 aromatic rings. The van der Waals surface area contributed by atoms with Crippen molar-refractivity contribution in [1.29, 1.82) is 0 Å². The molecule has 0 bridgehead atoms. The van der Waals surface area contributed by atoms with Crippen molar-refractivity contribution in [2.75, 3.05) is 31.5 Å². The van der Waals surface area contributed by atoms with Crippen LogP contribution in [0.15, 0.2) is 72.2 Å². The van der Waals surface area contributed by atoms with Crippen LogP contribution in [-0.4, -0.2) is 52.9 Å². The average molecular weight is 511 g/mol. The number of nitrogens with zero attached hydrogens (tertiary/aromatic N) is 3. The summed E-state index contributed by atoms with van der Waals surface area (Å²) in [4.78, 5) is 23.0. The van der Waals surface area contributed by atoms with Crippen LogP contribution >= 0.6 is 11.3 Å². The number of nitrogens with one attached hydrogen (secondary N) is 1. The largest absolute Gasteiger partial charge is 0.322 e. The molecule has 1 unspecified atom stereocenters. The molecule has 0 aliphatic carbocycles. The van der Waals surface area contributed by atoms with E-state index in [1.807, 2.05) is 29.8 Å². The van der Waals surface area contributed by atoms with Crippen LogP contribution in [0, 0.1) is 0 Å². The summed E-state index contributed by atoms with van der Waals surface area (Å²) in [6.07, 6.45) is 6.58. The Labute approximate surface area is 223 Å². The number of fused-ring (bicyclic) bond motifs is 1. The van der Waals surface area contributed by atoms with Crippen LogP contribution in [-0.2, 0) is 6.54 Å². The number of benzene rings is 3. The van der Waals surface area contributed by atoms with Gasteiger partial charge in [0.2, 0.25) is 0 Å². The number of amides is 1. The summed E-state index contributed by atoms with van der Waals surface area (Å²) < 4.78 is 1.12. The van der Waals surface area contributed by atoms with Crippen LogP contribution in [0.1, 0.15) is 48.0 Å². The van der Waals surface area contributed by atoms with E-state index >= 15 is 0 Å². The van der Waals surface area contributed by atoms with Crippen LogP contribution in [0.2, 0.25) is 0 Å². The van der Waals surface area contributed by atoms with Gasteiger partial charge in [-0.1, -0.05) is 42.8 Å². The number of rotatable bonds is 6. The lowest BCUT2D eigenvalue weighted by molar-refractivity contribution is 0.0792. The number of carbonyl (C=O) groups is 1. The van der Waals surface area contributed by atoms with Gasteiger partial charge in [-0.25, -0.2) is 4.98 Å². The lowest BCUT2D eigenvalue weighted by atomic mass is 9.95. The fourth-order valence-corrected chi connectivity index (χ4v) is 6.56. The molecule has 2 aliphatic rings. The number of piperidine rings is 2. The Morgan fingerprint density at radius 2 is 1.81 bits per heavy atom. The number of thiazole rings is 1. The van der Waals surface area contributed by atoms with Gasteiger partial charge in [0.05, 0.1) is 15.7 Å². The number of carbonyl (C=O) groups excluding carboxylic acids is 1. The molecule has 2 saturated heterocycles. The van der Waals surface area contributed by atoms with E-state index in [9.17, 15) is 4.79 Å². The molecular formula is C31H34N4OS. The first-order valence-corrected chi connectivity index (χ1v) is 14.4. The van der Waals surface area contributed by atoms with Crippen molar-refractivity contribution in [3.63, 3.8) is 0 Å². The van der Waals surface area contributed by atoms with Crippen molar-refractivity contribution < 1.29 is 4.79 Å². The fourth-order valence-electron chi connectivity index (χ4n) is 5.90. The molecule has 6 rings (SSSR count). The Kier molecular flexibility index (Phi) is 7.31. The molecule has 190 valence electrons. The van der Waals surface area contributed by atoms with Gasteiger partial charge in [-0.2, -0.15) is 0 Å². The second-order valence-corrected chi connectivity index (χ2v) is 11.2. The Balaban J connectivity index is 1.24. The molecule has 0 saturated carbocycles. The smallest absolute Gasteiger partial charge is 0.255 e. The third kappa shape index (κ3) is 5.61. The summed E-state index contributed by atoms with van der Waals surface area (Å²) in [6.45, 7) is 5.58. The van der Waals surface area contributed by atoms with Crippen LogP contribution in [0.3, 0.4) is 0 Å². The third-order valence-electron chi connectivity index (χ3n) is 7.82. The highest BCUT2D eigenvalue weighted by molar-refractivity contribution is 7.16. The summed E-state index contributed by atoms with van der Waals surface area (Å²) in [7, 11) is 0. The lowest BCUT2D eigenvalue weighted by Gasteiger charge is -2.41. The number of hydrogen-bond donors (Lipinski definition) is 1. The molecule has 1 amide bonds. The highest BCUT2D eigenvalue weighted by atomic mass is 32.1. The first-order chi connectivity index (χ1) is 18.2. The predicted molar refractivity (Wildman–Crippen MR) is 153 cm³/mol. The van der Waals surface area contributed by atoms with Gasteiger partial charge >= 0.3 is 0 Å². The van der Waals surface area contributed by atoms with Crippen LogP contribution in [0.25, 0.3) is 21.3 Å². The zero-order chi connectivity index (χ0) is 25.0.